The third-order valence-electron chi connectivity index (χ3n) is 5.79. The number of carbonyl (C=O) groups excluding carboxylic acids is 3. The Labute approximate surface area is 241 Å². The standard InChI is InChI=1S/C24H37BrClN9O4/c1-24(2,3)14-9-13(18(37)15(25)10-14)11-30-5-6-31-16(36)12-34(4)8-7-32-23(39)35-17(22(29)38)20(27)33-21(28)19(35)26/h9-10,19,30,37H,5-8,11-12,27H2,1-4H3,(H2,28,33)(H2,29,38)(H,31,36)(H,32,39). The van der Waals surface area contributed by atoms with Gasteiger partial charge >= 0.3 is 6.03 Å². The fraction of sp³-hybridized carbons (Fsp3) is 0.500. The average Bonchev–Trinajstić information content (AvgIpc) is 2.82. The van der Waals surface area contributed by atoms with Crippen LogP contribution in [0.2, 0.25) is 0 Å². The molecule has 0 aliphatic carbocycles. The van der Waals surface area contributed by atoms with Crippen molar-refractivity contribution >= 4 is 51.2 Å². The van der Waals surface area contributed by atoms with E-state index in [0.29, 0.717) is 30.7 Å². The lowest BCUT2D eigenvalue weighted by molar-refractivity contribution is -0.122. The Morgan fingerprint density at radius 2 is 1.85 bits per heavy atom. The van der Waals surface area contributed by atoms with Gasteiger partial charge in [-0.15, -0.1) is 0 Å². The predicted molar refractivity (Wildman–Crippen MR) is 154 cm³/mol. The monoisotopic (exact) mass is 629 g/mol. The van der Waals surface area contributed by atoms with E-state index in [1.165, 1.54) is 0 Å². The minimum absolute atomic E-state index is 0.0613. The summed E-state index contributed by atoms with van der Waals surface area (Å²) in [7, 11) is 1.72. The normalized spacial score (nSPS) is 15.8. The van der Waals surface area contributed by atoms with Crippen molar-refractivity contribution in [3.05, 3.63) is 39.3 Å². The van der Waals surface area contributed by atoms with E-state index < -0.39 is 17.4 Å². The van der Waals surface area contributed by atoms with Gasteiger partial charge in [-0.05, 0) is 40.0 Å². The van der Waals surface area contributed by atoms with Gasteiger partial charge in [0.1, 0.15) is 11.6 Å². The van der Waals surface area contributed by atoms with Gasteiger partial charge in [-0.1, -0.05) is 38.4 Å². The molecule has 15 heteroatoms. The van der Waals surface area contributed by atoms with Crippen molar-refractivity contribution < 1.29 is 19.5 Å². The number of halogens is 2. The van der Waals surface area contributed by atoms with Crippen LogP contribution in [0.1, 0.15) is 31.9 Å². The van der Waals surface area contributed by atoms with Gasteiger partial charge < -0.3 is 38.3 Å². The molecule has 4 amide bonds. The summed E-state index contributed by atoms with van der Waals surface area (Å²) in [5.41, 5.74) is 16.9. The second-order valence-corrected chi connectivity index (χ2v) is 11.3. The van der Waals surface area contributed by atoms with E-state index in [0.717, 1.165) is 16.0 Å². The molecule has 13 nitrogen and oxygen atoms in total. The van der Waals surface area contributed by atoms with Crippen LogP contribution in [0.4, 0.5) is 4.79 Å². The summed E-state index contributed by atoms with van der Waals surface area (Å²) in [5.74, 6) is -1.44. The number of primary amides is 1. The largest absolute Gasteiger partial charge is 0.506 e. The first kappa shape index (κ1) is 32.1. The van der Waals surface area contributed by atoms with Crippen LogP contribution >= 0.6 is 27.5 Å². The Kier molecular flexibility index (Phi) is 11.4. The number of benzene rings is 1. The molecule has 216 valence electrons. The Morgan fingerprint density at radius 3 is 2.46 bits per heavy atom. The highest BCUT2D eigenvalue weighted by Crippen LogP contribution is 2.34. The number of amides is 4. The van der Waals surface area contributed by atoms with Crippen LogP contribution in [0.25, 0.3) is 0 Å². The molecule has 0 saturated carbocycles. The molecule has 0 radical (unpaired) electrons. The number of rotatable bonds is 11. The van der Waals surface area contributed by atoms with Crippen LogP contribution in [0.5, 0.6) is 5.75 Å². The first-order valence-corrected chi connectivity index (χ1v) is 13.4. The number of nitrogens with zero attached hydrogens (tertiary/aromatic N) is 3. The number of alkyl halides is 1. The van der Waals surface area contributed by atoms with E-state index in [9.17, 15) is 19.5 Å². The van der Waals surface area contributed by atoms with Gasteiger partial charge in [-0.25, -0.2) is 9.79 Å². The number of carbonyl (C=O) groups is 3. The van der Waals surface area contributed by atoms with Crippen LogP contribution in [-0.2, 0) is 21.5 Å². The number of aliphatic imine (C=N–C) groups is 1. The van der Waals surface area contributed by atoms with Gasteiger partial charge in [0.25, 0.3) is 5.91 Å². The maximum absolute atomic E-state index is 12.6. The summed E-state index contributed by atoms with van der Waals surface area (Å²) in [6.45, 7) is 8.21. The van der Waals surface area contributed by atoms with E-state index in [4.69, 9.17) is 28.8 Å². The molecule has 1 atom stereocenters. The number of hydrogen-bond acceptors (Lipinski definition) is 9. The molecule has 0 saturated heterocycles. The highest BCUT2D eigenvalue weighted by atomic mass is 79.9. The van der Waals surface area contributed by atoms with Crippen molar-refractivity contribution in [3.8, 4) is 5.75 Å². The molecule has 1 aromatic carbocycles. The van der Waals surface area contributed by atoms with Crippen LogP contribution in [0.3, 0.4) is 0 Å². The highest BCUT2D eigenvalue weighted by molar-refractivity contribution is 9.10. The van der Waals surface area contributed by atoms with Crippen molar-refractivity contribution in [2.45, 2.75) is 38.2 Å². The molecule has 0 spiro atoms. The molecule has 1 aliphatic heterocycles. The average molecular weight is 631 g/mol. The van der Waals surface area contributed by atoms with E-state index in [1.807, 2.05) is 12.1 Å². The second kappa shape index (κ2) is 13.8. The Morgan fingerprint density at radius 1 is 1.18 bits per heavy atom. The molecular weight excluding hydrogens is 594 g/mol. The van der Waals surface area contributed by atoms with Crippen LogP contribution in [0.15, 0.2) is 33.1 Å². The lowest BCUT2D eigenvalue weighted by Crippen LogP contribution is -2.54. The minimum atomic E-state index is -1.23. The molecule has 10 N–H and O–H groups in total. The predicted octanol–water partition coefficient (Wildman–Crippen LogP) is 0.150. The SMILES string of the molecule is CN(CCNC(=O)N1C(C(N)=O)=C(N)N=C(N)C1Cl)CC(=O)NCCNCc1cc(C(C)(C)C)cc(Br)c1O. The van der Waals surface area contributed by atoms with Crippen LogP contribution in [0, 0.1) is 0 Å². The third-order valence-corrected chi connectivity index (χ3v) is 6.81. The molecule has 39 heavy (non-hydrogen) atoms. The van der Waals surface area contributed by atoms with Gasteiger partial charge in [0.15, 0.2) is 17.0 Å². The lowest BCUT2D eigenvalue weighted by Gasteiger charge is -2.31. The zero-order valence-corrected chi connectivity index (χ0v) is 24.8. The Bertz CT molecular complexity index is 1150. The molecule has 1 unspecified atom stereocenters. The highest BCUT2D eigenvalue weighted by Gasteiger charge is 2.36. The molecule has 0 bridgehead atoms. The van der Waals surface area contributed by atoms with Gasteiger partial charge in [0, 0.05) is 38.3 Å². The zero-order valence-electron chi connectivity index (χ0n) is 22.5. The van der Waals surface area contributed by atoms with Gasteiger partial charge in [-0.3, -0.25) is 19.4 Å². The number of aromatic hydroxyl groups is 1. The second-order valence-electron chi connectivity index (χ2n) is 10.1. The molecule has 1 heterocycles. The topological polar surface area (TPSA) is 204 Å². The van der Waals surface area contributed by atoms with Crippen molar-refractivity contribution in [2.24, 2.45) is 22.2 Å². The summed E-state index contributed by atoms with van der Waals surface area (Å²) < 4.78 is 0.643. The molecule has 1 aromatic rings. The van der Waals surface area contributed by atoms with Crippen molar-refractivity contribution in [2.75, 3.05) is 39.8 Å². The number of urea groups is 1. The van der Waals surface area contributed by atoms with E-state index in [1.54, 1.807) is 11.9 Å². The van der Waals surface area contributed by atoms with E-state index in [-0.39, 0.29) is 47.5 Å². The Hall–Kier alpha value is -3.07. The van der Waals surface area contributed by atoms with E-state index >= 15 is 0 Å². The van der Waals surface area contributed by atoms with Crippen molar-refractivity contribution in [1.82, 2.24) is 25.8 Å². The maximum atomic E-state index is 12.6. The number of phenolic OH excluding ortho intramolecular Hbond substituents is 1. The lowest BCUT2D eigenvalue weighted by atomic mass is 9.86. The Balaban J connectivity index is 1.73. The fourth-order valence-corrected chi connectivity index (χ4v) is 4.36. The number of nitrogens with one attached hydrogen (secondary N) is 3. The maximum Gasteiger partial charge on any atom is 0.323 e. The molecular formula is C24H37BrClN9O4. The minimum Gasteiger partial charge on any atom is -0.506 e. The van der Waals surface area contributed by atoms with Crippen LogP contribution < -0.4 is 33.2 Å². The number of amidine groups is 1. The number of hydrogen-bond donors (Lipinski definition) is 7. The molecule has 0 fully saturated rings. The third kappa shape index (κ3) is 8.98. The van der Waals surface area contributed by atoms with E-state index in [2.05, 4.69) is 57.6 Å². The molecule has 2 rings (SSSR count). The summed E-state index contributed by atoms with van der Waals surface area (Å²) in [6.07, 6.45) is 0. The quantitative estimate of drug-likeness (QED) is 0.102. The first-order valence-electron chi connectivity index (χ1n) is 12.2. The van der Waals surface area contributed by atoms with Gasteiger partial charge in [0.2, 0.25) is 5.91 Å². The summed E-state index contributed by atoms with van der Waals surface area (Å²) in [5, 5.41) is 19.0. The van der Waals surface area contributed by atoms with Crippen molar-refractivity contribution in [3.63, 3.8) is 0 Å². The molecule has 1 aliphatic rings. The first-order chi connectivity index (χ1) is 18.1. The summed E-state index contributed by atoms with van der Waals surface area (Å²) in [4.78, 5) is 42.9. The van der Waals surface area contributed by atoms with Crippen LogP contribution in [-0.4, -0.2) is 83.9 Å². The fourth-order valence-electron chi connectivity index (χ4n) is 3.62. The number of likely N-dealkylation sites (N-methyl/N-ethyl adjacent to an activating group) is 1. The van der Waals surface area contributed by atoms with Gasteiger partial charge in [0.05, 0.1) is 11.0 Å². The number of nitrogens with two attached hydrogens (primary N) is 3. The molecule has 0 aromatic heterocycles. The number of phenols is 1. The smallest absolute Gasteiger partial charge is 0.323 e. The zero-order chi connectivity index (χ0) is 29.5. The van der Waals surface area contributed by atoms with Crippen molar-refractivity contribution in [1.29, 1.82) is 0 Å². The summed E-state index contributed by atoms with van der Waals surface area (Å²) >= 11 is 9.53. The van der Waals surface area contributed by atoms with Gasteiger partial charge in [-0.2, -0.15) is 0 Å². The summed E-state index contributed by atoms with van der Waals surface area (Å²) in [6, 6.07) is 3.15.